The van der Waals surface area contributed by atoms with E-state index in [1.807, 2.05) is 18.7 Å². The lowest BCUT2D eigenvalue weighted by Gasteiger charge is -2.34. The third kappa shape index (κ3) is 6.47. The van der Waals surface area contributed by atoms with E-state index in [2.05, 4.69) is 0 Å². The molecule has 1 heterocycles. The molecule has 3 rings (SSSR count). The Kier molecular flexibility index (Phi) is 9.14. The van der Waals surface area contributed by atoms with Crippen LogP contribution in [0.25, 0.3) is 0 Å². The highest BCUT2D eigenvalue weighted by Gasteiger charge is 2.33. The van der Waals surface area contributed by atoms with Crippen molar-refractivity contribution >= 4 is 21.9 Å². The molecule has 1 aromatic rings. The molecule has 0 atom stereocenters. The van der Waals surface area contributed by atoms with Crippen LogP contribution < -0.4 is 4.74 Å². The number of hydrogen-bond donors (Lipinski definition) is 0. The topological polar surface area (TPSA) is 93.2 Å². The van der Waals surface area contributed by atoms with E-state index >= 15 is 0 Å². The van der Waals surface area contributed by atoms with Gasteiger partial charge in [0.1, 0.15) is 5.75 Å². The van der Waals surface area contributed by atoms with Gasteiger partial charge in [-0.15, -0.1) is 0 Å². The number of hydrogen-bond acceptors (Lipinski definition) is 6. The number of nitrogens with zero attached hydrogens (tertiary/aromatic N) is 2. The maximum absolute atomic E-state index is 12.9. The minimum Gasteiger partial charge on any atom is -0.494 e. The van der Waals surface area contributed by atoms with E-state index in [1.54, 1.807) is 12.1 Å². The van der Waals surface area contributed by atoms with Gasteiger partial charge in [0, 0.05) is 25.7 Å². The SMILES string of the molecule is CCOc1ccc(S(=O)(=O)N2CCC(C(=O)OCC(=O)N(CC)C3CCCCC3)CC2)cc1. The van der Waals surface area contributed by atoms with Gasteiger partial charge in [0.25, 0.3) is 5.91 Å². The van der Waals surface area contributed by atoms with Gasteiger partial charge < -0.3 is 14.4 Å². The Hall–Kier alpha value is -2.13. The van der Waals surface area contributed by atoms with Crippen molar-refractivity contribution in [2.24, 2.45) is 5.92 Å². The predicted octanol–water partition coefficient (Wildman–Crippen LogP) is 3.21. The van der Waals surface area contributed by atoms with Gasteiger partial charge in [-0.05, 0) is 63.8 Å². The van der Waals surface area contributed by atoms with Crippen LogP contribution in [0.1, 0.15) is 58.8 Å². The van der Waals surface area contributed by atoms with Crippen molar-refractivity contribution in [1.82, 2.24) is 9.21 Å². The first-order valence-corrected chi connectivity index (χ1v) is 13.5. The van der Waals surface area contributed by atoms with Gasteiger partial charge in [0.15, 0.2) is 6.61 Å². The number of carbonyl (C=O) groups is 2. The second-order valence-corrected chi connectivity index (χ2v) is 10.6. The number of ether oxygens (including phenoxy) is 2. The molecule has 0 aromatic heterocycles. The first kappa shape index (κ1) is 25.5. The molecule has 33 heavy (non-hydrogen) atoms. The van der Waals surface area contributed by atoms with Gasteiger partial charge in [0.2, 0.25) is 10.0 Å². The molecule has 1 amide bonds. The molecule has 2 fully saturated rings. The molecule has 2 aliphatic rings. The van der Waals surface area contributed by atoms with E-state index in [9.17, 15) is 18.0 Å². The lowest BCUT2D eigenvalue weighted by Crippen LogP contribution is -2.44. The van der Waals surface area contributed by atoms with Crippen LogP contribution in [0, 0.1) is 5.92 Å². The van der Waals surface area contributed by atoms with E-state index in [4.69, 9.17) is 9.47 Å². The van der Waals surface area contributed by atoms with Crippen LogP contribution in [0.3, 0.4) is 0 Å². The summed E-state index contributed by atoms with van der Waals surface area (Å²) in [5, 5.41) is 0. The third-order valence-corrected chi connectivity index (χ3v) is 8.49. The van der Waals surface area contributed by atoms with Crippen LogP contribution in [0.2, 0.25) is 0 Å². The normalized spacial score (nSPS) is 18.6. The van der Waals surface area contributed by atoms with Crippen LogP contribution in [0.5, 0.6) is 5.75 Å². The zero-order chi connectivity index (χ0) is 23.8. The maximum Gasteiger partial charge on any atom is 0.309 e. The molecule has 1 aromatic carbocycles. The summed E-state index contributed by atoms with van der Waals surface area (Å²) in [5.41, 5.74) is 0. The first-order chi connectivity index (χ1) is 15.9. The molecule has 1 aliphatic heterocycles. The molecule has 184 valence electrons. The van der Waals surface area contributed by atoms with Crippen LogP contribution >= 0.6 is 0 Å². The van der Waals surface area contributed by atoms with Crippen molar-refractivity contribution in [2.45, 2.75) is 69.7 Å². The first-order valence-electron chi connectivity index (χ1n) is 12.1. The van der Waals surface area contributed by atoms with Gasteiger partial charge >= 0.3 is 5.97 Å². The number of rotatable bonds is 9. The fourth-order valence-corrected chi connectivity index (χ4v) is 6.19. The Balaban J connectivity index is 1.48. The van der Waals surface area contributed by atoms with Gasteiger partial charge in [-0.1, -0.05) is 19.3 Å². The summed E-state index contributed by atoms with van der Waals surface area (Å²) in [6, 6.07) is 6.61. The second kappa shape index (κ2) is 11.8. The van der Waals surface area contributed by atoms with Crippen LogP contribution in [0.4, 0.5) is 0 Å². The smallest absolute Gasteiger partial charge is 0.309 e. The summed E-state index contributed by atoms with van der Waals surface area (Å²) in [6.45, 7) is 5.19. The molecular weight excluding hydrogens is 444 g/mol. The van der Waals surface area contributed by atoms with Crippen molar-refractivity contribution in [3.63, 3.8) is 0 Å². The summed E-state index contributed by atoms with van der Waals surface area (Å²) in [4.78, 5) is 27.2. The summed E-state index contributed by atoms with van der Waals surface area (Å²) < 4.78 is 38.0. The van der Waals surface area contributed by atoms with Gasteiger partial charge in [-0.3, -0.25) is 9.59 Å². The molecule has 9 heteroatoms. The lowest BCUT2D eigenvalue weighted by atomic mass is 9.94. The Morgan fingerprint density at radius 1 is 1.00 bits per heavy atom. The number of benzene rings is 1. The molecule has 0 unspecified atom stereocenters. The third-order valence-electron chi connectivity index (χ3n) is 6.57. The average molecular weight is 481 g/mol. The Labute approximate surface area is 197 Å². The van der Waals surface area contributed by atoms with E-state index in [-0.39, 0.29) is 36.5 Å². The summed E-state index contributed by atoms with van der Waals surface area (Å²) in [5.74, 6) is -0.332. The van der Waals surface area contributed by atoms with Crippen molar-refractivity contribution < 1.29 is 27.5 Å². The van der Waals surface area contributed by atoms with E-state index in [0.717, 1.165) is 25.7 Å². The zero-order valence-electron chi connectivity index (χ0n) is 19.7. The molecule has 1 aliphatic carbocycles. The fraction of sp³-hybridized carbons (Fsp3) is 0.667. The largest absolute Gasteiger partial charge is 0.494 e. The Bertz CT molecular complexity index is 888. The minimum absolute atomic E-state index is 0.145. The van der Waals surface area contributed by atoms with Crippen LogP contribution in [-0.2, 0) is 24.3 Å². The number of likely N-dealkylation sites (N-methyl/N-ethyl adjacent to an activating group) is 1. The van der Waals surface area contributed by atoms with Gasteiger partial charge in [-0.2, -0.15) is 4.31 Å². The molecule has 0 N–H and O–H groups in total. The van der Waals surface area contributed by atoms with E-state index < -0.39 is 21.9 Å². The molecule has 8 nitrogen and oxygen atoms in total. The maximum atomic E-state index is 12.9. The quantitative estimate of drug-likeness (QED) is 0.504. The Morgan fingerprint density at radius 3 is 2.21 bits per heavy atom. The molecule has 0 radical (unpaired) electrons. The predicted molar refractivity (Wildman–Crippen MR) is 124 cm³/mol. The highest BCUT2D eigenvalue weighted by atomic mass is 32.2. The molecule has 0 spiro atoms. The standard InChI is InChI=1S/C24H36N2O6S/c1-3-26(20-8-6-5-7-9-20)23(27)18-32-24(28)19-14-16-25(17-15-19)33(29,30)22-12-10-21(11-13-22)31-4-2/h10-13,19-20H,3-9,14-18H2,1-2H3. The van der Waals surface area contributed by atoms with E-state index in [1.165, 1.54) is 22.9 Å². The lowest BCUT2D eigenvalue weighted by molar-refractivity contribution is -0.157. The average Bonchev–Trinajstić information content (AvgIpc) is 2.84. The highest BCUT2D eigenvalue weighted by molar-refractivity contribution is 7.89. The number of piperidine rings is 1. The number of amides is 1. The van der Waals surface area contributed by atoms with E-state index in [0.29, 0.717) is 31.7 Å². The molecular formula is C24H36N2O6S. The van der Waals surface area contributed by atoms with Crippen LogP contribution in [-0.4, -0.2) is 68.4 Å². The monoisotopic (exact) mass is 480 g/mol. The van der Waals surface area contributed by atoms with Crippen LogP contribution in [0.15, 0.2) is 29.2 Å². The summed E-state index contributed by atoms with van der Waals surface area (Å²) in [6.07, 6.45) is 6.25. The molecule has 1 saturated heterocycles. The number of carbonyl (C=O) groups excluding carboxylic acids is 2. The number of esters is 1. The zero-order valence-corrected chi connectivity index (χ0v) is 20.5. The molecule has 1 saturated carbocycles. The minimum atomic E-state index is -3.63. The highest BCUT2D eigenvalue weighted by Crippen LogP contribution is 2.26. The summed E-state index contributed by atoms with van der Waals surface area (Å²) >= 11 is 0. The van der Waals surface area contributed by atoms with Crippen molar-refractivity contribution in [1.29, 1.82) is 0 Å². The van der Waals surface area contributed by atoms with Gasteiger partial charge in [0.05, 0.1) is 17.4 Å². The molecule has 0 bridgehead atoms. The number of sulfonamides is 1. The van der Waals surface area contributed by atoms with Crippen molar-refractivity contribution in [3.05, 3.63) is 24.3 Å². The Morgan fingerprint density at radius 2 is 1.64 bits per heavy atom. The second-order valence-electron chi connectivity index (χ2n) is 8.66. The van der Waals surface area contributed by atoms with Crippen molar-refractivity contribution in [2.75, 3.05) is 32.8 Å². The van der Waals surface area contributed by atoms with Gasteiger partial charge in [-0.25, -0.2) is 8.42 Å². The van der Waals surface area contributed by atoms with Crippen molar-refractivity contribution in [3.8, 4) is 5.75 Å². The summed E-state index contributed by atoms with van der Waals surface area (Å²) in [7, 11) is -3.63. The fourth-order valence-electron chi connectivity index (χ4n) is 4.72.